The van der Waals surface area contributed by atoms with Gasteiger partial charge in [0.2, 0.25) is 0 Å². The number of carbonyl (C=O) groups excluding carboxylic acids is 2. The van der Waals surface area contributed by atoms with E-state index in [2.05, 4.69) is 18.6 Å². The van der Waals surface area contributed by atoms with Gasteiger partial charge in [-0.15, -0.1) is 0 Å². The van der Waals surface area contributed by atoms with Gasteiger partial charge in [-0.05, 0) is 25.7 Å². The Kier molecular flexibility index (Phi) is 16.0. The van der Waals surface area contributed by atoms with Crippen molar-refractivity contribution in [3.8, 4) is 0 Å². The van der Waals surface area contributed by atoms with Crippen LogP contribution >= 0.6 is 0 Å². The number of aliphatic hydroxyl groups is 3. The summed E-state index contributed by atoms with van der Waals surface area (Å²) < 4.78 is 9.98. The van der Waals surface area contributed by atoms with Crippen molar-refractivity contribution in [2.75, 3.05) is 7.11 Å². The van der Waals surface area contributed by atoms with Crippen molar-refractivity contribution in [3.05, 3.63) is 0 Å². The molecule has 0 fully saturated rings. The summed E-state index contributed by atoms with van der Waals surface area (Å²) in [5, 5.41) is 30.0. The van der Waals surface area contributed by atoms with Gasteiger partial charge < -0.3 is 24.8 Å². The average molecular weight is 405 g/mol. The van der Waals surface area contributed by atoms with Gasteiger partial charge in [0.15, 0.2) is 0 Å². The quantitative estimate of drug-likeness (QED) is 0.252. The lowest BCUT2D eigenvalue weighted by Crippen LogP contribution is -2.28. The molecule has 166 valence electrons. The molecule has 3 N–H and O–H groups in total. The van der Waals surface area contributed by atoms with Crippen LogP contribution in [0, 0.1) is 0 Å². The maximum absolute atomic E-state index is 12.2. The molecule has 0 rings (SSSR count). The molecule has 0 radical (unpaired) electrons. The highest BCUT2D eigenvalue weighted by Crippen LogP contribution is 2.17. The molecule has 0 amide bonds. The molecule has 0 aliphatic heterocycles. The zero-order chi connectivity index (χ0) is 21.4. The first kappa shape index (κ1) is 26.8. The Balaban J connectivity index is 4.44. The van der Waals surface area contributed by atoms with Crippen molar-refractivity contribution in [1.29, 1.82) is 0 Å². The van der Waals surface area contributed by atoms with E-state index in [0.29, 0.717) is 12.8 Å². The molecule has 0 aliphatic carbocycles. The molecule has 28 heavy (non-hydrogen) atoms. The van der Waals surface area contributed by atoms with Crippen molar-refractivity contribution < 1.29 is 34.4 Å². The third kappa shape index (κ3) is 14.8. The van der Waals surface area contributed by atoms with Gasteiger partial charge in [-0.2, -0.15) is 0 Å². The van der Waals surface area contributed by atoms with Crippen LogP contribution in [0.25, 0.3) is 0 Å². The molecule has 0 aromatic rings. The van der Waals surface area contributed by atoms with Crippen molar-refractivity contribution in [2.24, 2.45) is 0 Å². The average Bonchev–Trinajstić information content (AvgIpc) is 2.61. The first-order chi connectivity index (χ1) is 13.3. The SMILES string of the molecule is CCCCCC(O)CC(O)CC(=O)OC(CCCCC)CC(O)CC(=O)OC. The molecule has 0 aliphatic rings. The van der Waals surface area contributed by atoms with Crippen LogP contribution in [0.5, 0.6) is 0 Å². The molecule has 0 saturated carbocycles. The maximum atomic E-state index is 12.2. The van der Waals surface area contributed by atoms with Crippen LogP contribution in [0.3, 0.4) is 0 Å². The molecule has 7 heteroatoms. The van der Waals surface area contributed by atoms with Crippen LogP contribution in [0.15, 0.2) is 0 Å². The lowest BCUT2D eigenvalue weighted by molar-refractivity contribution is -0.153. The summed E-state index contributed by atoms with van der Waals surface area (Å²) in [6, 6.07) is 0. The number of hydrogen-bond acceptors (Lipinski definition) is 7. The summed E-state index contributed by atoms with van der Waals surface area (Å²) in [4.78, 5) is 23.4. The summed E-state index contributed by atoms with van der Waals surface area (Å²) >= 11 is 0. The topological polar surface area (TPSA) is 113 Å². The number of ether oxygens (including phenoxy) is 2. The Morgan fingerprint density at radius 3 is 1.86 bits per heavy atom. The maximum Gasteiger partial charge on any atom is 0.308 e. The number of aliphatic hydroxyl groups excluding tert-OH is 3. The smallest absolute Gasteiger partial charge is 0.308 e. The molecular weight excluding hydrogens is 364 g/mol. The van der Waals surface area contributed by atoms with E-state index in [1.165, 1.54) is 7.11 Å². The summed E-state index contributed by atoms with van der Waals surface area (Å²) in [5.41, 5.74) is 0. The minimum absolute atomic E-state index is 0.143. The molecule has 0 aromatic heterocycles. The molecule has 7 nitrogen and oxygen atoms in total. The van der Waals surface area contributed by atoms with Gasteiger partial charge in [0.1, 0.15) is 6.10 Å². The first-order valence-electron chi connectivity index (χ1n) is 10.6. The van der Waals surface area contributed by atoms with E-state index in [4.69, 9.17) is 4.74 Å². The van der Waals surface area contributed by atoms with Crippen LogP contribution in [0.1, 0.15) is 90.9 Å². The second-order valence-corrected chi connectivity index (χ2v) is 7.52. The van der Waals surface area contributed by atoms with Crippen LogP contribution in [0.2, 0.25) is 0 Å². The highest BCUT2D eigenvalue weighted by atomic mass is 16.5. The largest absolute Gasteiger partial charge is 0.469 e. The second kappa shape index (κ2) is 16.7. The van der Waals surface area contributed by atoms with Crippen LogP contribution in [-0.2, 0) is 19.1 Å². The lowest BCUT2D eigenvalue weighted by Gasteiger charge is -2.22. The van der Waals surface area contributed by atoms with Gasteiger partial charge >= 0.3 is 11.9 Å². The van der Waals surface area contributed by atoms with Crippen LogP contribution in [0.4, 0.5) is 0 Å². The fraction of sp³-hybridized carbons (Fsp3) is 0.905. The fourth-order valence-electron chi connectivity index (χ4n) is 3.08. The summed E-state index contributed by atoms with van der Waals surface area (Å²) in [5.74, 6) is -1.07. The Bertz CT molecular complexity index is 414. The van der Waals surface area contributed by atoms with E-state index in [-0.39, 0.29) is 25.7 Å². The molecule has 0 bridgehead atoms. The minimum atomic E-state index is -0.958. The molecule has 0 saturated heterocycles. The predicted octanol–water partition coefficient (Wildman–Crippen LogP) is 2.87. The zero-order valence-electron chi connectivity index (χ0n) is 17.8. The third-order valence-corrected chi connectivity index (χ3v) is 4.68. The molecule has 0 aromatic carbocycles. The molecule has 4 unspecified atom stereocenters. The Morgan fingerprint density at radius 1 is 0.750 bits per heavy atom. The molecule has 0 heterocycles. The molecule has 0 spiro atoms. The predicted molar refractivity (Wildman–Crippen MR) is 107 cm³/mol. The van der Waals surface area contributed by atoms with Gasteiger partial charge in [-0.25, -0.2) is 0 Å². The highest BCUT2D eigenvalue weighted by Gasteiger charge is 2.23. The van der Waals surface area contributed by atoms with E-state index in [1.54, 1.807) is 0 Å². The standard InChI is InChI=1S/C21H40O7/c1-4-6-8-10-16(22)12-17(23)15-21(26)28-19(11-9-7-5-2)13-18(24)14-20(25)27-3/h16-19,22-24H,4-15H2,1-3H3. The van der Waals surface area contributed by atoms with E-state index < -0.39 is 36.4 Å². The normalized spacial score (nSPS) is 15.5. The van der Waals surface area contributed by atoms with Crippen LogP contribution in [-0.4, -0.2) is 58.8 Å². The number of methoxy groups -OCH3 is 1. The minimum Gasteiger partial charge on any atom is -0.469 e. The number of hydrogen-bond donors (Lipinski definition) is 3. The number of unbranched alkanes of at least 4 members (excludes halogenated alkanes) is 4. The van der Waals surface area contributed by atoms with Gasteiger partial charge in [-0.1, -0.05) is 46.0 Å². The highest BCUT2D eigenvalue weighted by molar-refractivity contribution is 5.70. The van der Waals surface area contributed by atoms with Crippen molar-refractivity contribution in [3.63, 3.8) is 0 Å². The Labute approximate surface area is 169 Å². The Hall–Kier alpha value is -1.18. The molecule has 4 atom stereocenters. The van der Waals surface area contributed by atoms with E-state index >= 15 is 0 Å². The number of carbonyl (C=O) groups is 2. The number of rotatable bonds is 17. The third-order valence-electron chi connectivity index (χ3n) is 4.68. The zero-order valence-corrected chi connectivity index (χ0v) is 17.8. The lowest BCUT2D eigenvalue weighted by atomic mass is 10.0. The van der Waals surface area contributed by atoms with E-state index in [1.807, 2.05) is 0 Å². The van der Waals surface area contributed by atoms with Crippen LogP contribution < -0.4 is 0 Å². The van der Waals surface area contributed by atoms with Gasteiger partial charge in [0.25, 0.3) is 0 Å². The van der Waals surface area contributed by atoms with Gasteiger partial charge in [0.05, 0.1) is 38.3 Å². The van der Waals surface area contributed by atoms with E-state index in [9.17, 15) is 24.9 Å². The van der Waals surface area contributed by atoms with Crippen molar-refractivity contribution >= 4 is 11.9 Å². The summed E-state index contributed by atoms with van der Waals surface area (Å²) in [7, 11) is 1.26. The summed E-state index contributed by atoms with van der Waals surface area (Å²) in [6.45, 7) is 4.14. The molecular formula is C21H40O7. The van der Waals surface area contributed by atoms with Gasteiger partial charge in [-0.3, -0.25) is 9.59 Å². The van der Waals surface area contributed by atoms with Crippen molar-refractivity contribution in [2.45, 2.75) is 115 Å². The Morgan fingerprint density at radius 2 is 1.29 bits per heavy atom. The fourth-order valence-corrected chi connectivity index (χ4v) is 3.08. The second-order valence-electron chi connectivity index (χ2n) is 7.52. The first-order valence-corrected chi connectivity index (χ1v) is 10.6. The number of esters is 2. The summed E-state index contributed by atoms with van der Waals surface area (Å²) in [6.07, 6.45) is 3.93. The van der Waals surface area contributed by atoms with Gasteiger partial charge in [0, 0.05) is 6.42 Å². The van der Waals surface area contributed by atoms with E-state index in [0.717, 1.165) is 38.5 Å². The van der Waals surface area contributed by atoms with Crippen molar-refractivity contribution in [1.82, 2.24) is 0 Å². The monoisotopic (exact) mass is 404 g/mol.